The summed E-state index contributed by atoms with van der Waals surface area (Å²) in [4.78, 5) is 2.39. The van der Waals surface area contributed by atoms with E-state index in [4.69, 9.17) is 5.73 Å². The maximum absolute atomic E-state index is 10.7. The van der Waals surface area contributed by atoms with Crippen LogP contribution in [0.1, 0.15) is 40.0 Å². The zero-order chi connectivity index (χ0) is 11.5. The molecule has 1 aliphatic heterocycles. The van der Waals surface area contributed by atoms with Crippen LogP contribution in [0.2, 0.25) is 0 Å². The first-order valence-corrected chi connectivity index (χ1v) is 6.16. The molecule has 3 nitrogen and oxygen atoms in total. The Morgan fingerprint density at radius 3 is 2.20 bits per heavy atom. The molecule has 15 heavy (non-hydrogen) atoms. The summed E-state index contributed by atoms with van der Waals surface area (Å²) in [5.74, 6) is 0. The molecule has 3 N–H and O–H groups in total. The minimum atomic E-state index is -0.553. The van der Waals surface area contributed by atoms with Gasteiger partial charge in [0, 0.05) is 25.0 Å². The predicted octanol–water partition coefficient (Wildman–Crippen LogP) is 1.21. The minimum absolute atomic E-state index is 0.118. The quantitative estimate of drug-likeness (QED) is 0.739. The Hall–Kier alpha value is -0.120. The van der Waals surface area contributed by atoms with Gasteiger partial charge in [0.2, 0.25) is 0 Å². The molecule has 0 radical (unpaired) electrons. The normalized spacial score (nSPS) is 26.2. The fourth-order valence-corrected chi connectivity index (χ4v) is 2.51. The summed E-state index contributed by atoms with van der Waals surface area (Å²) in [7, 11) is 0. The van der Waals surface area contributed by atoms with Gasteiger partial charge in [-0.1, -0.05) is 20.8 Å². The minimum Gasteiger partial charge on any atom is -0.389 e. The van der Waals surface area contributed by atoms with Crippen LogP contribution in [-0.2, 0) is 0 Å². The molecule has 0 saturated carbocycles. The number of piperidine rings is 1. The van der Waals surface area contributed by atoms with Crippen molar-refractivity contribution in [1.29, 1.82) is 0 Å². The highest BCUT2D eigenvalue weighted by atomic mass is 16.3. The summed E-state index contributed by atoms with van der Waals surface area (Å²) in [6.07, 6.45) is 2.68. The first-order chi connectivity index (χ1) is 7.01. The largest absolute Gasteiger partial charge is 0.389 e. The Morgan fingerprint density at radius 2 is 1.87 bits per heavy atom. The van der Waals surface area contributed by atoms with E-state index < -0.39 is 5.60 Å². The topological polar surface area (TPSA) is 49.5 Å². The molecule has 1 aliphatic rings. The van der Waals surface area contributed by atoms with Crippen LogP contribution < -0.4 is 5.73 Å². The van der Waals surface area contributed by atoms with E-state index in [-0.39, 0.29) is 5.41 Å². The molecule has 1 atom stereocenters. The van der Waals surface area contributed by atoms with Crippen molar-refractivity contribution >= 4 is 0 Å². The van der Waals surface area contributed by atoms with Gasteiger partial charge in [-0.15, -0.1) is 0 Å². The standard InChI is InChI=1S/C12H26N2O/c1-4-11(3,10-13)12(15)6-8-14(5-2)9-7-12/h15H,4-10,13H2,1-3H3. The molecule has 1 heterocycles. The summed E-state index contributed by atoms with van der Waals surface area (Å²) in [5, 5.41) is 10.7. The van der Waals surface area contributed by atoms with Gasteiger partial charge in [0.25, 0.3) is 0 Å². The highest BCUT2D eigenvalue weighted by molar-refractivity contribution is 4.99. The maximum Gasteiger partial charge on any atom is 0.0737 e. The van der Waals surface area contributed by atoms with Crippen molar-refractivity contribution in [2.45, 2.75) is 45.6 Å². The van der Waals surface area contributed by atoms with Crippen LogP contribution in [-0.4, -0.2) is 41.8 Å². The van der Waals surface area contributed by atoms with Crippen LogP contribution in [0, 0.1) is 5.41 Å². The highest BCUT2D eigenvalue weighted by Gasteiger charge is 2.46. The second-order valence-corrected chi connectivity index (χ2v) is 5.08. The van der Waals surface area contributed by atoms with Gasteiger partial charge in [0.1, 0.15) is 0 Å². The lowest BCUT2D eigenvalue weighted by Crippen LogP contribution is -2.56. The van der Waals surface area contributed by atoms with Crippen LogP contribution in [0.5, 0.6) is 0 Å². The number of nitrogens with zero attached hydrogens (tertiary/aromatic N) is 1. The first kappa shape index (κ1) is 12.9. The molecule has 0 aromatic heterocycles. The van der Waals surface area contributed by atoms with Crippen molar-refractivity contribution < 1.29 is 5.11 Å². The van der Waals surface area contributed by atoms with Crippen LogP contribution in [0.3, 0.4) is 0 Å². The number of rotatable bonds is 4. The lowest BCUT2D eigenvalue weighted by Gasteiger charge is -2.48. The molecular weight excluding hydrogens is 188 g/mol. The summed E-state index contributed by atoms with van der Waals surface area (Å²) in [5.41, 5.74) is 5.16. The SMILES string of the molecule is CCN1CCC(O)(C(C)(CC)CN)CC1. The van der Waals surface area contributed by atoms with E-state index in [1.807, 2.05) is 0 Å². The van der Waals surface area contributed by atoms with Crippen molar-refractivity contribution in [3.05, 3.63) is 0 Å². The van der Waals surface area contributed by atoms with Gasteiger partial charge < -0.3 is 15.7 Å². The van der Waals surface area contributed by atoms with Crippen molar-refractivity contribution in [3.63, 3.8) is 0 Å². The first-order valence-electron chi connectivity index (χ1n) is 6.16. The molecule has 0 spiro atoms. The zero-order valence-electron chi connectivity index (χ0n) is 10.4. The Kier molecular flexibility index (Phi) is 4.15. The summed E-state index contributed by atoms with van der Waals surface area (Å²) in [6.45, 7) is 10.1. The van der Waals surface area contributed by atoms with E-state index >= 15 is 0 Å². The average Bonchev–Trinajstić information content (AvgIpc) is 2.29. The molecule has 1 saturated heterocycles. The van der Waals surface area contributed by atoms with Crippen molar-refractivity contribution in [2.75, 3.05) is 26.2 Å². The second kappa shape index (κ2) is 4.81. The predicted molar refractivity (Wildman–Crippen MR) is 63.8 cm³/mol. The number of hydrogen-bond donors (Lipinski definition) is 2. The molecule has 1 unspecified atom stereocenters. The van der Waals surface area contributed by atoms with Crippen LogP contribution in [0.15, 0.2) is 0 Å². The third-order valence-corrected chi connectivity index (χ3v) is 4.48. The van der Waals surface area contributed by atoms with Gasteiger partial charge in [-0.2, -0.15) is 0 Å². The van der Waals surface area contributed by atoms with Gasteiger partial charge in [0.15, 0.2) is 0 Å². The maximum atomic E-state index is 10.7. The number of aliphatic hydroxyl groups is 1. The molecule has 90 valence electrons. The molecule has 3 heteroatoms. The average molecular weight is 214 g/mol. The fourth-order valence-electron chi connectivity index (χ4n) is 2.51. The second-order valence-electron chi connectivity index (χ2n) is 5.08. The summed E-state index contributed by atoms with van der Waals surface area (Å²) >= 11 is 0. The Balaban J connectivity index is 2.68. The Morgan fingerprint density at radius 1 is 1.33 bits per heavy atom. The van der Waals surface area contributed by atoms with Gasteiger partial charge in [-0.25, -0.2) is 0 Å². The molecule has 1 rings (SSSR count). The van der Waals surface area contributed by atoms with Crippen LogP contribution in [0.25, 0.3) is 0 Å². The molecule has 0 aliphatic carbocycles. The highest BCUT2D eigenvalue weighted by Crippen LogP contribution is 2.41. The Labute approximate surface area is 93.6 Å². The molecular formula is C12H26N2O. The van der Waals surface area contributed by atoms with E-state index in [2.05, 4.69) is 25.7 Å². The lowest BCUT2D eigenvalue weighted by molar-refractivity contribution is -0.111. The van der Waals surface area contributed by atoms with Gasteiger partial charge in [-0.3, -0.25) is 0 Å². The molecule has 0 aromatic carbocycles. The van der Waals surface area contributed by atoms with E-state index in [1.165, 1.54) is 0 Å². The summed E-state index contributed by atoms with van der Waals surface area (Å²) in [6, 6.07) is 0. The number of likely N-dealkylation sites (tertiary alicyclic amines) is 1. The van der Waals surface area contributed by atoms with Gasteiger partial charge in [-0.05, 0) is 25.8 Å². The van der Waals surface area contributed by atoms with Gasteiger partial charge >= 0.3 is 0 Å². The summed E-state index contributed by atoms with van der Waals surface area (Å²) < 4.78 is 0. The zero-order valence-corrected chi connectivity index (χ0v) is 10.4. The van der Waals surface area contributed by atoms with Crippen LogP contribution in [0.4, 0.5) is 0 Å². The third-order valence-electron chi connectivity index (χ3n) is 4.48. The van der Waals surface area contributed by atoms with Crippen molar-refractivity contribution in [1.82, 2.24) is 4.90 Å². The fraction of sp³-hybridized carbons (Fsp3) is 1.00. The molecule has 0 bridgehead atoms. The van der Waals surface area contributed by atoms with E-state index in [9.17, 15) is 5.11 Å². The monoisotopic (exact) mass is 214 g/mol. The van der Waals surface area contributed by atoms with Crippen LogP contribution >= 0.6 is 0 Å². The third kappa shape index (κ3) is 2.35. The number of nitrogens with two attached hydrogens (primary N) is 1. The molecule has 1 fully saturated rings. The van der Waals surface area contributed by atoms with Crippen molar-refractivity contribution in [2.24, 2.45) is 11.1 Å². The number of hydrogen-bond acceptors (Lipinski definition) is 3. The van der Waals surface area contributed by atoms with E-state index in [0.717, 1.165) is 38.9 Å². The Bertz CT molecular complexity index is 194. The molecule has 0 amide bonds. The lowest BCUT2D eigenvalue weighted by atomic mass is 9.67. The smallest absolute Gasteiger partial charge is 0.0737 e. The van der Waals surface area contributed by atoms with E-state index in [0.29, 0.717) is 6.54 Å². The van der Waals surface area contributed by atoms with E-state index in [1.54, 1.807) is 0 Å². The molecule has 0 aromatic rings. The van der Waals surface area contributed by atoms with Gasteiger partial charge in [0.05, 0.1) is 5.60 Å². The van der Waals surface area contributed by atoms with Crippen molar-refractivity contribution in [3.8, 4) is 0 Å².